The van der Waals surface area contributed by atoms with Gasteiger partial charge < -0.3 is 5.11 Å². The van der Waals surface area contributed by atoms with Crippen LogP contribution in [0.25, 0.3) is 0 Å². The van der Waals surface area contributed by atoms with Crippen molar-refractivity contribution in [2.45, 2.75) is 24.6 Å². The fourth-order valence-electron chi connectivity index (χ4n) is 2.12. The van der Waals surface area contributed by atoms with Crippen molar-refractivity contribution in [3.8, 4) is 0 Å². The van der Waals surface area contributed by atoms with Crippen LogP contribution in [0.1, 0.15) is 28.8 Å². The van der Waals surface area contributed by atoms with Crippen LogP contribution in [0, 0.1) is 0 Å². The van der Waals surface area contributed by atoms with Crippen LogP contribution in [0.4, 0.5) is 0 Å². The molecule has 1 unspecified atom stereocenters. The summed E-state index contributed by atoms with van der Waals surface area (Å²) in [5.41, 5.74) is 0.00550. The Bertz CT molecular complexity index is 728. The highest BCUT2D eigenvalue weighted by atomic mass is 32.2. The summed E-state index contributed by atoms with van der Waals surface area (Å²) in [5.74, 6) is -2.94. The molecule has 0 spiro atoms. The second-order valence-corrected chi connectivity index (χ2v) is 6.60. The molecule has 8 nitrogen and oxygen atoms in total. The van der Waals surface area contributed by atoms with Gasteiger partial charge in [-0.1, -0.05) is 18.2 Å². The number of piperidine rings is 1. The van der Waals surface area contributed by atoms with Crippen LogP contribution in [0.15, 0.2) is 24.3 Å². The van der Waals surface area contributed by atoms with Crippen molar-refractivity contribution in [2.24, 2.45) is 0 Å². The van der Waals surface area contributed by atoms with Crippen molar-refractivity contribution in [3.63, 3.8) is 0 Å². The lowest BCUT2D eigenvalue weighted by Crippen LogP contribution is -2.52. The zero-order valence-electron chi connectivity index (χ0n) is 11.4. The first-order chi connectivity index (χ1) is 10.3. The van der Waals surface area contributed by atoms with E-state index in [2.05, 4.69) is 4.72 Å². The minimum atomic E-state index is -3.93. The molecule has 1 atom stereocenters. The fraction of sp³-hybridized carbons (Fsp3) is 0.308. The maximum absolute atomic E-state index is 12.1. The van der Waals surface area contributed by atoms with Gasteiger partial charge >= 0.3 is 5.97 Å². The van der Waals surface area contributed by atoms with Gasteiger partial charge in [0.05, 0.1) is 11.3 Å². The molecule has 2 amide bonds. The number of aromatic carboxylic acids is 1. The molecule has 0 aromatic heterocycles. The number of carbonyl (C=O) groups excluding carboxylic acids is 2. The fourth-order valence-corrected chi connectivity index (χ4v) is 3.53. The van der Waals surface area contributed by atoms with Gasteiger partial charge in [0.15, 0.2) is 0 Å². The number of carboxylic acid groups (broad SMARTS) is 1. The number of rotatable bonds is 5. The van der Waals surface area contributed by atoms with Gasteiger partial charge in [0.25, 0.3) is 0 Å². The number of hydrogen-bond donors (Lipinski definition) is 3. The first-order valence-corrected chi connectivity index (χ1v) is 8.08. The van der Waals surface area contributed by atoms with Gasteiger partial charge in [-0.2, -0.15) is 0 Å². The average Bonchev–Trinajstić information content (AvgIpc) is 2.42. The average molecular weight is 326 g/mol. The third-order valence-electron chi connectivity index (χ3n) is 3.15. The second kappa shape index (κ2) is 6.24. The molecule has 1 aliphatic heterocycles. The highest BCUT2D eigenvalue weighted by molar-refractivity contribution is 7.88. The molecule has 1 aromatic carbocycles. The number of sulfonamides is 1. The Morgan fingerprint density at radius 3 is 2.64 bits per heavy atom. The Hall–Kier alpha value is -2.26. The Morgan fingerprint density at radius 2 is 2.00 bits per heavy atom. The molecular weight excluding hydrogens is 312 g/mol. The lowest BCUT2D eigenvalue weighted by atomic mass is 10.1. The maximum atomic E-state index is 12.1. The standard InChI is InChI=1S/C13H14N2O6S/c16-11-6-5-10(12(17)14-11)15-22(20,21)7-8-3-1-2-4-9(8)13(18)19/h1-4,10,15H,5-7H2,(H,18,19)(H,14,16,17). The molecule has 1 aliphatic rings. The topological polar surface area (TPSA) is 130 Å². The minimum absolute atomic E-state index is 0.0463. The van der Waals surface area contributed by atoms with E-state index in [1.165, 1.54) is 24.3 Å². The monoisotopic (exact) mass is 326 g/mol. The van der Waals surface area contributed by atoms with E-state index in [0.717, 1.165) is 0 Å². The maximum Gasteiger partial charge on any atom is 0.335 e. The van der Waals surface area contributed by atoms with Crippen LogP contribution in [-0.4, -0.2) is 37.3 Å². The van der Waals surface area contributed by atoms with Crippen LogP contribution in [0.2, 0.25) is 0 Å². The Kier molecular flexibility index (Phi) is 4.57. The summed E-state index contributed by atoms with van der Waals surface area (Å²) in [6.45, 7) is 0. The molecule has 1 saturated heterocycles. The Balaban J connectivity index is 2.14. The van der Waals surface area contributed by atoms with Crippen LogP contribution >= 0.6 is 0 Å². The molecule has 2 rings (SSSR count). The molecule has 3 N–H and O–H groups in total. The number of carbonyl (C=O) groups is 3. The molecular formula is C13H14N2O6S. The minimum Gasteiger partial charge on any atom is -0.478 e. The van der Waals surface area contributed by atoms with E-state index in [1.807, 2.05) is 5.32 Å². The smallest absolute Gasteiger partial charge is 0.335 e. The van der Waals surface area contributed by atoms with Crippen molar-refractivity contribution < 1.29 is 27.9 Å². The van der Waals surface area contributed by atoms with E-state index in [4.69, 9.17) is 5.11 Å². The highest BCUT2D eigenvalue weighted by Gasteiger charge is 2.30. The molecule has 22 heavy (non-hydrogen) atoms. The Labute approximate surface area is 126 Å². The van der Waals surface area contributed by atoms with Crippen LogP contribution in [0.3, 0.4) is 0 Å². The predicted molar refractivity (Wildman–Crippen MR) is 75.3 cm³/mol. The first kappa shape index (κ1) is 16.1. The van der Waals surface area contributed by atoms with Crippen LogP contribution in [-0.2, 0) is 25.4 Å². The lowest BCUT2D eigenvalue weighted by Gasteiger charge is -2.21. The van der Waals surface area contributed by atoms with Gasteiger partial charge in [0, 0.05) is 6.42 Å². The SMILES string of the molecule is O=C1CCC(NS(=O)(=O)Cc2ccccc2C(=O)O)C(=O)N1. The quantitative estimate of drug-likeness (QED) is 0.632. The molecule has 9 heteroatoms. The third kappa shape index (κ3) is 3.89. The molecule has 118 valence electrons. The van der Waals surface area contributed by atoms with Crippen molar-refractivity contribution >= 4 is 27.8 Å². The van der Waals surface area contributed by atoms with E-state index in [1.54, 1.807) is 0 Å². The molecule has 0 saturated carbocycles. The van der Waals surface area contributed by atoms with E-state index in [0.29, 0.717) is 0 Å². The van der Waals surface area contributed by atoms with E-state index >= 15 is 0 Å². The van der Waals surface area contributed by atoms with E-state index < -0.39 is 39.6 Å². The van der Waals surface area contributed by atoms with Crippen molar-refractivity contribution in [1.29, 1.82) is 0 Å². The first-order valence-electron chi connectivity index (χ1n) is 6.43. The van der Waals surface area contributed by atoms with Gasteiger partial charge in [0.2, 0.25) is 21.8 Å². The largest absolute Gasteiger partial charge is 0.478 e. The summed E-state index contributed by atoms with van der Waals surface area (Å²) >= 11 is 0. The summed E-state index contributed by atoms with van der Waals surface area (Å²) in [6, 6.07) is 4.70. The zero-order valence-corrected chi connectivity index (χ0v) is 12.2. The van der Waals surface area contributed by atoms with Gasteiger partial charge in [-0.15, -0.1) is 0 Å². The van der Waals surface area contributed by atoms with Gasteiger partial charge in [0.1, 0.15) is 6.04 Å². The predicted octanol–water partition coefficient (Wildman–Crippen LogP) is -0.391. The highest BCUT2D eigenvalue weighted by Crippen LogP contribution is 2.14. The number of nitrogens with one attached hydrogen (secondary N) is 2. The molecule has 0 bridgehead atoms. The lowest BCUT2D eigenvalue weighted by molar-refractivity contribution is -0.134. The number of hydrogen-bond acceptors (Lipinski definition) is 5. The second-order valence-electron chi connectivity index (χ2n) is 4.84. The van der Waals surface area contributed by atoms with Crippen molar-refractivity contribution in [3.05, 3.63) is 35.4 Å². The molecule has 0 radical (unpaired) electrons. The molecule has 0 aliphatic carbocycles. The number of imide groups is 1. The van der Waals surface area contributed by atoms with Crippen molar-refractivity contribution in [2.75, 3.05) is 0 Å². The number of carboxylic acids is 1. The van der Waals surface area contributed by atoms with E-state index in [9.17, 15) is 22.8 Å². The van der Waals surface area contributed by atoms with Crippen molar-refractivity contribution in [1.82, 2.24) is 10.0 Å². The summed E-state index contributed by atoms with van der Waals surface area (Å²) in [6.07, 6.45) is 0.120. The number of benzene rings is 1. The van der Waals surface area contributed by atoms with Crippen LogP contribution in [0.5, 0.6) is 0 Å². The summed E-state index contributed by atoms with van der Waals surface area (Å²) in [7, 11) is -3.93. The zero-order chi connectivity index (χ0) is 16.3. The van der Waals surface area contributed by atoms with Crippen LogP contribution < -0.4 is 10.0 Å². The van der Waals surface area contributed by atoms with E-state index in [-0.39, 0.29) is 24.0 Å². The Morgan fingerprint density at radius 1 is 1.32 bits per heavy atom. The normalized spacial score (nSPS) is 18.8. The molecule has 1 heterocycles. The summed E-state index contributed by atoms with van der Waals surface area (Å²) < 4.78 is 26.4. The van der Waals surface area contributed by atoms with Gasteiger partial charge in [-0.3, -0.25) is 14.9 Å². The van der Waals surface area contributed by atoms with Gasteiger partial charge in [-0.05, 0) is 18.1 Å². The summed E-state index contributed by atoms with van der Waals surface area (Å²) in [5, 5.41) is 11.1. The molecule has 1 aromatic rings. The number of amides is 2. The summed E-state index contributed by atoms with van der Waals surface area (Å²) in [4.78, 5) is 33.6. The van der Waals surface area contributed by atoms with Gasteiger partial charge in [-0.25, -0.2) is 17.9 Å². The third-order valence-corrected chi connectivity index (χ3v) is 4.49. The molecule has 1 fully saturated rings.